The van der Waals surface area contributed by atoms with Gasteiger partial charge in [-0.25, -0.2) is 0 Å². The predicted molar refractivity (Wildman–Crippen MR) is 131 cm³/mol. The average Bonchev–Trinajstić information content (AvgIpc) is 3.47. The Morgan fingerprint density at radius 3 is 2.47 bits per heavy atom. The standard InChI is InChI=1S/C24H23N3O5S2/c1-14(2)7-9-26-21(29)17-6-5-15(12-18(17)22(26)30)20(28)25-8-10-27-23(31)19(34-24(27)32)13-16-4-3-11-33-16/h3-6,11-14H,7-10H2,1-2H3,(H,25,28). The molecule has 2 aromatic rings. The van der Waals surface area contributed by atoms with Gasteiger partial charge in [0.1, 0.15) is 0 Å². The second-order valence-corrected chi connectivity index (χ2v) is 10.3. The van der Waals surface area contributed by atoms with E-state index in [0.29, 0.717) is 29.4 Å². The highest BCUT2D eigenvalue weighted by molar-refractivity contribution is 8.18. The van der Waals surface area contributed by atoms with Crippen LogP contribution in [-0.4, -0.2) is 58.3 Å². The van der Waals surface area contributed by atoms with Crippen molar-refractivity contribution < 1.29 is 24.0 Å². The summed E-state index contributed by atoms with van der Waals surface area (Å²) >= 11 is 2.34. The summed E-state index contributed by atoms with van der Waals surface area (Å²) < 4.78 is 0. The van der Waals surface area contributed by atoms with Crippen LogP contribution < -0.4 is 5.32 Å². The molecule has 1 aromatic heterocycles. The summed E-state index contributed by atoms with van der Waals surface area (Å²) in [6.45, 7) is 4.47. The predicted octanol–water partition coefficient (Wildman–Crippen LogP) is 3.86. The zero-order chi connectivity index (χ0) is 24.4. The summed E-state index contributed by atoms with van der Waals surface area (Å²) in [5, 5.41) is 4.18. The Morgan fingerprint density at radius 2 is 1.76 bits per heavy atom. The van der Waals surface area contributed by atoms with Gasteiger partial charge in [0.25, 0.3) is 28.9 Å². The van der Waals surface area contributed by atoms with E-state index < -0.39 is 11.8 Å². The summed E-state index contributed by atoms with van der Waals surface area (Å²) in [6.07, 6.45) is 2.39. The van der Waals surface area contributed by atoms with E-state index in [1.165, 1.54) is 34.4 Å². The topological polar surface area (TPSA) is 104 Å². The van der Waals surface area contributed by atoms with Crippen molar-refractivity contribution in [3.05, 3.63) is 62.2 Å². The van der Waals surface area contributed by atoms with Crippen LogP contribution in [0, 0.1) is 5.92 Å². The van der Waals surface area contributed by atoms with E-state index in [-0.39, 0.29) is 41.3 Å². The van der Waals surface area contributed by atoms with Gasteiger partial charge in [0.05, 0.1) is 16.0 Å². The van der Waals surface area contributed by atoms with Gasteiger partial charge in [-0.3, -0.25) is 33.8 Å². The van der Waals surface area contributed by atoms with Crippen LogP contribution in [-0.2, 0) is 4.79 Å². The maximum atomic E-state index is 12.7. The molecule has 0 bridgehead atoms. The van der Waals surface area contributed by atoms with E-state index in [4.69, 9.17) is 0 Å². The maximum absolute atomic E-state index is 12.7. The highest BCUT2D eigenvalue weighted by atomic mass is 32.2. The van der Waals surface area contributed by atoms with Gasteiger partial charge in [-0.1, -0.05) is 19.9 Å². The van der Waals surface area contributed by atoms with Crippen molar-refractivity contribution in [2.45, 2.75) is 20.3 Å². The highest BCUT2D eigenvalue weighted by Gasteiger charge is 2.36. The molecule has 0 saturated carbocycles. The molecule has 0 unspecified atom stereocenters. The third-order valence-corrected chi connectivity index (χ3v) is 7.20. The molecule has 10 heteroatoms. The monoisotopic (exact) mass is 497 g/mol. The number of amides is 5. The number of hydrogen-bond acceptors (Lipinski definition) is 7. The zero-order valence-corrected chi connectivity index (χ0v) is 20.3. The number of benzene rings is 1. The number of nitrogens with zero attached hydrogens (tertiary/aromatic N) is 2. The number of rotatable bonds is 8. The van der Waals surface area contributed by atoms with Crippen molar-refractivity contribution in [3.8, 4) is 0 Å². The molecule has 34 heavy (non-hydrogen) atoms. The first-order chi connectivity index (χ1) is 16.3. The lowest BCUT2D eigenvalue weighted by Crippen LogP contribution is -2.37. The summed E-state index contributed by atoms with van der Waals surface area (Å²) in [4.78, 5) is 66.2. The Kier molecular flexibility index (Phi) is 6.99. The average molecular weight is 498 g/mol. The van der Waals surface area contributed by atoms with E-state index in [2.05, 4.69) is 5.32 Å². The molecule has 0 spiro atoms. The second-order valence-electron chi connectivity index (χ2n) is 8.31. The minimum Gasteiger partial charge on any atom is -0.350 e. The third-order valence-electron chi connectivity index (χ3n) is 5.47. The molecule has 2 aliphatic heterocycles. The molecule has 3 heterocycles. The molecule has 1 N–H and O–H groups in total. The van der Waals surface area contributed by atoms with E-state index in [1.807, 2.05) is 31.4 Å². The van der Waals surface area contributed by atoms with E-state index in [0.717, 1.165) is 21.5 Å². The fourth-order valence-electron chi connectivity index (χ4n) is 3.60. The first-order valence-electron chi connectivity index (χ1n) is 10.8. The molecule has 8 nitrogen and oxygen atoms in total. The van der Waals surface area contributed by atoms with Crippen molar-refractivity contribution in [2.75, 3.05) is 19.6 Å². The molecule has 0 radical (unpaired) electrons. The number of carbonyl (C=O) groups is 5. The summed E-state index contributed by atoms with van der Waals surface area (Å²) in [5.41, 5.74) is 0.740. The van der Waals surface area contributed by atoms with Crippen LogP contribution in [0.25, 0.3) is 6.08 Å². The van der Waals surface area contributed by atoms with Gasteiger partial charge in [-0.2, -0.15) is 0 Å². The quantitative estimate of drug-likeness (QED) is 0.439. The zero-order valence-electron chi connectivity index (χ0n) is 18.7. The number of carbonyl (C=O) groups excluding carboxylic acids is 5. The fraction of sp³-hybridized carbons (Fsp3) is 0.292. The van der Waals surface area contributed by atoms with Gasteiger partial charge in [0.2, 0.25) is 0 Å². The summed E-state index contributed by atoms with van der Waals surface area (Å²) in [5.74, 6) is -1.24. The molecule has 4 rings (SSSR count). The number of fused-ring (bicyclic) bond motifs is 1. The third kappa shape index (κ3) is 4.83. The Morgan fingerprint density at radius 1 is 1.00 bits per heavy atom. The van der Waals surface area contributed by atoms with Crippen LogP contribution in [0.2, 0.25) is 0 Å². The van der Waals surface area contributed by atoms with Crippen LogP contribution >= 0.6 is 23.1 Å². The number of thioether (sulfide) groups is 1. The number of nitrogens with one attached hydrogen (secondary N) is 1. The molecule has 176 valence electrons. The van der Waals surface area contributed by atoms with Gasteiger partial charge in [-0.05, 0) is 59.8 Å². The molecule has 1 fully saturated rings. The van der Waals surface area contributed by atoms with Gasteiger partial charge in [0.15, 0.2) is 0 Å². The Labute approximate surface area is 205 Å². The van der Waals surface area contributed by atoms with Crippen molar-refractivity contribution in [1.82, 2.24) is 15.1 Å². The first-order valence-corrected chi connectivity index (χ1v) is 12.5. The van der Waals surface area contributed by atoms with Crippen LogP contribution in [0.3, 0.4) is 0 Å². The maximum Gasteiger partial charge on any atom is 0.293 e. The summed E-state index contributed by atoms with van der Waals surface area (Å²) in [6, 6.07) is 8.13. The first kappa shape index (κ1) is 23.9. The Balaban J connectivity index is 1.36. The summed E-state index contributed by atoms with van der Waals surface area (Å²) in [7, 11) is 0. The minimum absolute atomic E-state index is 0.0313. The van der Waals surface area contributed by atoms with E-state index >= 15 is 0 Å². The normalized spacial score (nSPS) is 16.9. The fourth-order valence-corrected chi connectivity index (χ4v) is 5.19. The number of hydrogen-bond donors (Lipinski definition) is 1. The van der Waals surface area contributed by atoms with Crippen molar-refractivity contribution >= 4 is 58.0 Å². The van der Waals surface area contributed by atoms with Crippen molar-refractivity contribution in [2.24, 2.45) is 5.92 Å². The van der Waals surface area contributed by atoms with Gasteiger partial charge in [0, 0.05) is 30.1 Å². The SMILES string of the molecule is CC(C)CCN1C(=O)c2ccc(C(=O)NCCN3C(=O)SC(=Cc4cccs4)C3=O)cc2C1=O. The minimum atomic E-state index is -0.454. The molecule has 0 aliphatic carbocycles. The second kappa shape index (κ2) is 9.94. The Bertz CT molecular complexity index is 1200. The molecular weight excluding hydrogens is 474 g/mol. The van der Waals surface area contributed by atoms with Crippen molar-refractivity contribution in [3.63, 3.8) is 0 Å². The largest absolute Gasteiger partial charge is 0.350 e. The molecule has 1 aromatic carbocycles. The lowest BCUT2D eigenvalue weighted by Gasteiger charge is -2.14. The van der Waals surface area contributed by atoms with E-state index in [1.54, 1.807) is 6.08 Å². The Hall–Kier alpha value is -3.24. The molecule has 5 amide bonds. The smallest absolute Gasteiger partial charge is 0.293 e. The number of imide groups is 2. The molecular formula is C24H23N3O5S2. The van der Waals surface area contributed by atoms with Crippen LogP contribution in [0.5, 0.6) is 0 Å². The molecule has 0 atom stereocenters. The van der Waals surface area contributed by atoms with Crippen LogP contribution in [0.15, 0.2) is 40.6 Å². The molecule has 2 aliphatic rings. The van der Waals surface area contributed by atoms with E-state index in [9.17, 15) is 24.0 Å². The van der Waals surface area contributed by atoms with Crippen molar-refractivity contribution in [1.29, 1.82) is 0 Å². The molecule has 1 saturated heterocycles. The number of thiophene rings is 1. The van der Waals surface area contributed by atoms with Crippen LogP contribution in [0.1, 0.15) is 56.2 Å². The van der Waals surface area contributed by atoms with Gasteiger partial charge in [-0.15, -0.1) is 11.3 Å². The van der Waals surface area contributed by atoms with Crippen LogP contribution in [0.4, 0.5) is 4.79 Å². The highest BCUT2D eigenvalue weighted by Crippen LogP contribution is 2.32. The lowest BCUT2D eigenvalue weighted by molar-refractivity contribution is -0.122. The van der Waals surface area contributed by atoms with Gasteiger partial charge < -0.3 is 5.32 Å². The lowest BCUT2D eigenvalue weighted by atomic mass is 10.1. The van der Waals surface area contributed by atoms with Gasteiger partial charge >= 0.3 is 0 Å².